The molecule has 6 nitrogen and oxygen atoms in total. The quantitative estimate of drug-likeness (QED) is 0.819. The van der Waals surface area contributed by atoms with Gasteiger partial charge in [0, 0.05) is 25.2 Å². The molecule has 0 saturated carbocycles. The van der Waals surface area contributed by atoms with Gasteiger partial charge in [0.1, 0.15) is 11.0 Å². The van der Waals surface area contributed by atoms with Gasteiger partial charge in [0.15, 0.2) is 5.17 Å². The molecule has 0 radical (unpaired) electrons. The van der Waals surface area contributed by atoms with E-state index in [1.807, 2.05) is 25.7 Å². The van der Waals surface area contributed by atoms with Crippen LogP contribution in [0.15, 0.2) is 29.3 Å². The molecule has 1 aliphatic rings. The van der Waals surface area contributed by atoms with Crippen LogP contribution in [-0.2, 0) is 9.59 Å². The number of rotatable bonds is 7. The molecule has 0 saturated heterocycles. The number of nitrogens with one attached hydrogen (secondary N) is 1. The number of aliphatic imine (C=N–C) groups is 1. The Morgan fingerprint density at radius 1 is 1.25 bits per heavy atom. The first-order chi connectivity index (χ1) is 11.6. The summed E-state index contributed by atoms with van der Waals surface area (Å²) in [5, 5.41) is 3.08. The maximum atomic E-state index is 12.2. The minimum atomic E-state index is -0.441. The fraction of sp³-hybridized carbons (Fsp3) is 0.471. The van der Waals surface area contributed by atoms with E-state index in [1.165, 1.54) is 11.8 Å². The molecule has 1 N–H and O–H groups in total. The Bertz CT molecular complexity index is 612. The monoisotopic (exact) mass is 349 g/mol. The SMILES string of the molecule is CCOc1ccc(NC(=O)C[C@H]2SC(N(CC)CC)=NC2=O)cc1. The zero-order valence-corrected chi connectivity index (χ0v) is 15.1. The van der Waals surface area contributed by atoms with Crippen molar-refractivity contribution >= 4 is 34.4 Å². The van der Waals surface area contributed by atoms with Gasteiger partial charge in [0.2, 0.25) is 5.91 Å². The second-order valence-corrected chi connectivity index (χ2v) is 6.39. The molecule has 0 aromatic heterocycles. The van der Waals surface area contributed by atoms with Gasteiger partial charge >= 0.3 is 0 Å². The van der Waals surface area contributed by atoms with Crippen molar-refractivity contribution in [3.63, 3.8) is 0 Å². The zero-order valence-electron chi connectivity index (χ0n) is 14.2. The number of nitrogens with zero attached hydrogens (tertiary/aromatic N) is 2. The summed E-state index contributed by atoms with van der Waals surface area (Å²) in [4.78, 5) is 30.3. The average Bonchev–Trinajstić information content (AvgIpc) is 2.91. The number of carbonyl (C=O) groups is 2. The van der Waals surface area contributed by atoms with Gasteiger partial charge in [-0.1, -0.05) is 11.8 Å². The first-order valence-corrected chi connectivity index (χ1v) is 9.02. The number of amides is 2. The van der Waals surface area contributed by atoms with E-state index in [9.17, 15) is 9.59 Å². The van der Waals surface area contributed by atoms with E-state index in [2.05, 4.69) is 10.3 Å². The van der Waals surface area contributed by atoms with Crippen LogP contribution in [0.2, 0.25) is 0 Å². The molecule has 0 unspecified atom stereocenters. The first kappa shape index (κ1) is 18.3. The van der Waals surface area contributed by atoms with Gasteiger partial charge in [-0.3, -0.25) is 9.59 Å². The standard InChI is InChI=1S/C17H23N3O3S/c1-4-20(5-2)17-19-16(22)14(24-17)11-15(21)18-12-7-9-13(10-8-12)23-6-3/h7-10,14H,4-6,11H2,1-3H3,(H,18,21)/t14-/m1/s1. The van der Waals surface area contributed by atoms with Crippen molar-refractivity contribution in [2.75, 3.05) is 25.0 Å². The summed E-state index contributed by atoms with van der Waals surface area (Å²) in [5.74, 6) is 0.332. The topological polar surface area (TPSA) is 71.0 Å². The summed E-state index contributed by atoms with van der Waals surface area (Å²) in [5.41, 5.74) is 0.684. The second kappa shape index (κ2) is 8.73. The molecule has 0 aliphatic carbocycles. The predicted octanol–water partition coefficient (Wildman–Crippen LogP) is 2.75. The van der Waals surface area contributed by atoms with Crippen LogP contribution in [0.5, 0.6) is 5.75 Å². The summed E-state index contributed by atoms with van der Waals surface area (Å²) in [6, 6.07) is 7.17. The highest BCUT2D eigenvalue weighted by Crippen LogP contribution is 2.27. The highest BCUT2D eigenvalue weighted by molar-refractivity contribution is 8.15. The van der Waals surface area contributed by atoms with Crippen LogP contribution in [0.25, 0.3) is 0 Å². The second-order valence-electron chi connectivity index (χ2n) is 5.22. The summed E-state index contributed by atoms with van der Waals surface area (Å²) >= 11 is 1.37. The lowest BCUT2D eigenvalue weighted by molar-refractivity contribution is -0.121. The van der Waals surface area contributed by atoms with Crippen molar-refractivity contribution in [1.82, 2.24) is 4.90 Å². The van der Waals surface area contributed by atoms with Gasteiger partial charge in [-0.2, -0.15) is 4.99 Å². The maximum Gasteiger partial charge on any atom is 0.262 e. The molecule has 130 valence electrons. The van der Waals surface area contributed by atoms with Crippen molar-refractivity contribution in [2.45, 2.75) is 32.4 Å². The smallest absolute Gasteiger partial charge is 0.262 e. The van der Waals surface area contributed by atoms with Crippen LogP contribution in [0, 0.1) is 0 Å². The fourth-order valence-electron chi connectivity index (χ4n) is 2.32. The van der Waals surface area contributed by atoms with Crippen LogP contribution in [0.3, 0.4) is 0 Å². The molecule has 24 heavy (non-hydrogen) atoms. The van der Waals surface area contributed by atoms with E-state index >= 15 is 0 Å². The molecule has 1 aromatic carbocycles. The van der Waals surface area contributed by atoms with Crippen molar-refractivity contribution in [3.8, 4) is 5.75 Å². The molecule has 0 fully saturated rings. The van der Waals surface area contributed by atoms with E-state index in [0.29, 0.717) is 17.5 Å². The van der Waals surface area contributed by atoms with E-state index < -0.39 is 5.25 Å². The lowest BCUT2D eigenvalue weighted by atomic mass is 10.2. The van der Waals surface area contributed by atoms with E-state index in [1.54, 1.807) is 24.3 Å². The Hall–Kier alpha value is -2.02. The Morgan fingerprint density at radius 2 is 1.92 bits per heavy atom. The number of anilines is 1. The molecule has 7 heteroatoms. The van der Waals surface area contributed by atoms with E-state index in [4.69, 9.17) is 4.74 Å². The predicted molar refractivity (Wildman–Crippen MR) is 97.6 cm³/mol. The molecular formula is C17H23N3O3S. The number of thioether (sulfide) groups is 1. The Kier molecular flexibility index (Phi) is 6.66. The normalized spacial score (nSPS) is 16.7. The number of amidine groups is 1. The van der Waals surface area contributed by atoms with Gasteiger partial charge in [-0.05, 0) is 45.0 Å². The molecule has 1 aromatic rings. The maximum absolute atomic E-state index is 12.2. The van der Waals surface area contributed by atoms with Gasteiger partial charge in [-0.15, -0.1) is 0 Å². The minimum absolute atomic E-state index is 0.116. The Labute approximate surface area is 146 Å². The molecule has 1 heterocycles. The molecule has 1 aliphatic heterocycles. The van der Waals surface area contributed by atoms with Crippen molar-refractivity contribution in [1.29, 1.82) is 0 Å². The third-order valence-electron chi connectivity index (χ3n) is 3.58. The zero-order chi connectivity index (χ0) is 17.5. The lowest BCUT2D eigenvalue weighted by Crippen LogP contribution is -2.27. The largest absolute Gasteiger partial charge is 0.494 e. The Morgan fingerprint density at radius 3 is 2.50 bits per heavy atom. The number of carbonyl (C=O) groups excluding carboxylic acids is 2. The van der Waals surface area contributed by atoms with Crippen molar-refractivity contribution < 1.29 is 14.3 Å². The van der Waals surface area contributed by atoms with Gasteiger partial charge in [0.05, 0.1) is 6.61 Å². The minimum Gasteiger partial charge on any atom is -0.494 e. The fourth-order valence-corrected chi connectivity index (χ4v) is 3.51. The highest BCUT2D eigenvalue weighted by atomic mass is 32.2. The summed E-state index contributed by atoms with van der Waals surface area (Å²) in [6.07, 6.45) is 0.116. The number of ether oxygens (including phenoxy) is 1. The van der Waals surface area contributed by atoms with E-state index in [-0.39, 0.29) is 18.2 Å². The highest BCUT2D eigenvalue weighted by Gasteiger charge is 2.32. The van der Waals surface area contributed by atoms with Crippen LogP contribution in [0.4, 0.5) is 5.69 Å². The molecule has 2 rings (SSSR count). The van der Waals surface area contributed by atoms with Crippen LogP contribution < -0.4 is 10.1 Å². The summed E-state index contributed by atoms with van der Waals surface area (Å²) in [6.45, 7) is 8.13. The lowest BCUT2D eigenvalue weighted by Gasteiger charge is -2.19. The third-order valence-corrected chi connectivity index (χ3v) is 4.80. The van der Waals surface area contributed by atoms with Gasteiger partial charge < -0.3 is 15.0 Å². The molecule has 1 atom stereocenters. The van der Waals surface area contributed by atoms with Crippen LogP contribution in [-0.4, -0.2) is 46.8 Å². The molecule has 0 bridgehead atoms. The number of hydrogen-bond acceptors (Lipinski definition) is 5. The Balaban J connectivity index is 1.88. The van der Waals surface area contributed by atoms with Crippen molar-refractivity contribution in [2.24, 2.45) is 4.99 Å². The summed E-state index contributed by atoms with van der Waals surface area (Å²) < 4.78 is 5.36. The molecule has 0 spiro atoms. The van der Waals surface area contributed by atoms with Crippen LogP contribution in [0.1, 0.15) is 27.2 Å². The van der Waals surface area contributed by atoms with Crippen molar-refractivity contribution in [3.05, 3.63) is 24.3 Å². The van der Waals surface area contributed by atoms with Gasteiger partial charge in [0.25, 0.3) is 5.91 Å². The molecular weight excluding hydrogens is 326 g/mol. The third kappa shape index (κ3) is 4.74. The first-order valence-electron chi connectivity index (χ1n) is 8.14. The molecule has 2 amide bonds. The van der Waals surface area contributed by atoms with E-state index in [0.717, 1.165) is 18.8 Å². The van der Waals surface area contributed by atoms with Gasteiger partial charge in [-0.25, -0.2) is 0 Å². The average molecular weight is 349 g/mol. The number of benzene rings is 1. The van der Waals surface area contributed by atoms with Crippen LogP contribution >= 0.6 is 11.8 Å². The summed E-state index contributed by atoms with van der Waals surface area (Å²) in [7, 11) is 0. The number of hydrogen-bond donors (Lipinski definition) is 1.